The quantitative estimate of drug-likeness (QED) is 0.646. The maximum absolute atomic E-state index is 5.59. The first-order chi connectivity index (χ1) is 5.90. The van der Waals surface area contributed by atoms with Gasteiger partial charge in [-0.05, 0) is 12.1 Å². The number of hydrogen-bond acceptors (Lipinski definition) is 3. The maximum Gasteiger partial charge on any atom is 0.142 e. The molecule has 0 saturated heterocycles. The van der Waals surface area contributed by atoms with Crippen LogP contribution in [0, 0.1) is 0 Å². The van der Waals surface area contributed by atoms with Gasteiger partial charge in [0.25, 0.3) is 0 Å². The molecule has 1 aliphatic rings. The van der Waals surface area contributed by atoms with Gasteiger partial charge in [0, 0.05) is 6.54 Å². The molecular formula is C9H12N2O. The first-order valence-electron chi connectivity index (χ1n) is 4.10. The molecule has 3 nitrogen and oxygen atoms in total. The standard InChI is InChI=1S/C9H12N2O/c10-5-7-6-11-8-3-1-2-4-9(8)12-7/h1-4,7,11H,5-6,10H2/t7-/m0/s1. The number of nitrogens with two attached hydrogens (primary N) is 1. The smallest absolute Gasteiger partial charge is 0.142 e. The second kappa shape index (κ2) is 3.03. The van der Waals surface area contributed by atoms with E-state index in [0.29, 0.717) is 6.54 Å². The van der Waals surface area contributed by atoms with Crippen molar-refractivity contribution in [3.8, 4) is 5.75 Å². The predicted molar refractivity (Wildman–Crippen MR) is 48.4 cm³/mol. The van der Waals surface area contributed by atoms with Crippen LogP contribution < -0.4 is 15.8 Å². The molecule has 0 amide bonds. The minimum absolute atomic E-state index is 0.111. The van der Waals surface area contributed by atoms with Crippen molar-refractivity contribution in [2.24, 2.45) is 5.73 Å². The Kier molecular flexibility index (Phi) is 1.87. The van der Waals surface area contributed by atoms with Gasteiger partial charge in [-0.1, -0.05) is 12.1 Å². The molecule has 1 aromatic rings. The molecular weight excluding hydrogens is 152 g/mol. The third-order valence-corrected chi connectivity index (χ3v) is 1.96. The van der Waals surface area contributed by atoms with Crippen molar-refractivity contribution in [1.29, 1.82) is 0 Å². The number of hydrogen-bond donors (Lipinski definition) is 2. The van der Waals surface area contributed by atoms with Crippen LogP contribution in [-0.2, 0) is 0 Å². The Balaban J connectivity index is 2.23. The fraction of sp³-hybridized carbons (Fsp3) is 0.333. The Hall–Kier alpha value is -1.22. The monoisotopic (exact) mass is 164 g/mol. The van der Waals surface area contributed by atoms with Gasteiger partial charge in [0.2, 0.25) is 0 Å². The van der Waals surface area contributed by atoms with Crippen molar-refractivity contribution in [3.63, 3.8) is 0 Å². The second-order valence-corrected chi connectivity index (χ2v) is 2.85. The molecule has 2 rings (SSSR count). The highest BCUT2D eigenvalue weighted by atomic mass is 16.5. The van der Waals surface area contributed by atoms with Gasteiger partial charge in [-0.25, -0.2) is 0 Å². The molecule has 0 aliphatic carbocycles. The first-order valence-corrected chi connectivity index (χ1v) is 4.10. The van der Waals surface area contributed by atoms with E-state index in [9.17, 15) is 0 Å². The van der Waals surface area contributed by atoms with Crippen LogP contribution >= 0.6 is 0 Å². The summed E-state index contributed by atoms with van der Waals surface area (Å²) < 4.78 is 5.59. The van der Waals surface area contributed by atoms with E-state index >= 15 is 0 Å². The highest BCUT2D eigenvalue weighted by molar-refractivity contribution is 5.57. The van der Waals surface area contributed by atoms with Crippen molar-refractivity contribution in [2.75, 3.05) is 18.4 Å². The summed E-state index contributed by atoms with van der Waals surface area (Å²) in [6, 6.07) is 7.89. The van der Waals surface area contributed by atoms with Gasteiger partial charge < -0.3 is 15.8 Å². The Morgan fingerprint density at radius 1 is 1.50 bits per heavy atom. The van der Waals surface area contributed by atoms with E-state index in [1.807, 2.05) is 24.3 Å². The average Bonchev–Trinajstić information content (AvgIpc) is 2.17. The van der Waals surface area contributed by atoms with Crippen molar-refractivity contribution in [2.45, 2.75) is 6.10 Å². The van der Waals surface area contributed by atoms with Gasteiger partial charge in [-0.2, -0.15) is 0 Å². The second-order valence-electron chi connectivity index (χ2n) is 2.85. The van der Waals surface area contributed by atoms with E-state index in [1.165, 1.54) is 0 Å². The SMILES string of the molecule is NC[C@H]1CNc2ccccc2O1. The van der Waals surface area contributed by atoms with Crippen molar-refractivity contribution >= 4 is 5.69 Å². The fourth-order valence-corrected chi connectivity index (χ4v) is 1.29. The van der Waals surface area contributed by atoms with Crippen LogP contribution in [0.1, 0.15) is 0 Å². The molecule has 1 aliphatic heterocycles. The summed E-state index contributed by atoms with van der Waals surface area (Å²) in [6.07, 6.45) is 0.111. The molecule has 0 fully saturated rings. The van der Waals surface area contributed by atoms with Gasteiger partial charge in [0.05, 0.1) is 12.2 Å². The number of nitrogens with one attached hydrogen (secondary N) is 1. The number of anilines is 1. The normalized spacial score (nSPS) is 20.6. The summed E-state index contributed by atoms with van der Waals surface area (Å²) in [4.78, 5) is 0. The molecule has 1 atom stereocenters. The van der Waals surface area contributed by atoms with E-state index in [0.717, 1.165) is 18.0 Å². The molecule has 0 aromatic heterocycles. The molecule has 0 bridgehead atoms. The maximum atomic E-state index is 5.59. The Morgan fingerprint density at radius 2 is 2.33 bits per heavy atom. The lowest BCUT2D eigenvalue weighted by molar-refractivity contribution is 0.214. The summed E-state index contributed by atoms with van der Waals surface area (Å²) in [6.45, 7) is 1.36. The minimum atomic E-state index is 0.111. The average molecular weight is 164 g/mol. The van der Waals surface area contributed by atoms with Crippen LogP contribution in [0.3, 0.4) is 0 Å². The third-order valence-electron chi connectivity index (χ3n) is 1.96. The van der Waals surface area contributed by atoms with Crippen LogP contribution in [0.25, 0.3) is 0 Å². The van der Waals surface area contributed by atoms with Gasteiger partial charge in [-0.3, -0.25) is 0 Å². The fourth-order valence-electron chi connectivity index (χ4n) is 1.29. The molecule has 3 heteroatoms. The topological polar surface area (TPSA) is 47.3 Å². The molecule has 1 aromatic carbocycles. The highest BCUT2D eigenvalue weighted by Crippen LogP contribution is 2.27. The van der Waals surface area contributed by atoms with Gasteiger partial charge in [-0.15, -0.1) is 0 Å². The van der Waals surface area contributed by atoms with Gasteiger partial charge in [0.15, 0.2) is 0 Å². The van der Waals surface area contributed by atoms with E-state index < -0.39 is 0 Å². The third kappa shape index (κ3) is 1.23. The number of fused-ring (bicyclic) bond motifs is 1. The molecule has 3 N–H and O–H groups in total. The lowest BCUT2D eigenvalue weighted by Gasteiger charge is -2.26. The highest BCUT2D eigenvalue weighted by Gasteiger charge is 2.16. The first kappa shape index (κ1) is 7.43. The molecule has 1 heterocycles. The van der Waals surface area contributed by atoms with E-state index in [2.05, 4.69) is 5.32 Å². The Bertz CT molecular complexity index is 275. The summed E-state index contributed by atoms with van der Waals surface area (Å²) in [5.41, 5.74) is 6.55. The molecule has 0 unspecified atom stereocenters. The van der Waals surface area contributed by atoms with Crippen LogP contribution in [-0.4, -0.2) is 19.2 Å². The number of benzene rings is 1. The molecule has 64 valence electrons. The Morgan fingerprint density at radius 3 is 3.17 bits per heavy atom. The zero-order valence-electron chi connectivity index (χ0n) is 6.79. The van der Waals surface area contributed by atoms with Crippen molar-refractivity contribution in [3.05, 3.63) is 24.3 Å². The van der Waals surface area contributed by atoms with Gasteiger partial charge >= 0.3 is 0 Å². The van der Waals surface area contributed by atoms with Gasteiger partial charge in [0.1, 0.15) is 11.9 Å². The van der Waals surface area contributed by atoms with Crippen molar-refractivity contribution in [1.82, 2.24) is 0 Å². The van der Waals surface area contributed by atoms with Crippen LogP contribution in [0.2, 0.25) is 0 Å². The lowest BCUT2D eigenvalue weighted by atomic mass is 10.2. The summed E-state index contributed by atoms with van der Waals surface area (Å²) in [5, 5.41) is 3.26. The van der Waals surface area contributed by atoms with E-state index in [-0.39, 0.29) is 6.10 Å². The summed E-state index contributed by atoms with van der Waals surface area (Å²) in [5.74, 6) is 0.902. The van der Waals surface area contributed by atoms with Crippen LogP contribution in [0.4, 0.5) is 5.69 Å². The molecule has 0 radical (unpaired) electrons. The lowest BCUT2D eigenvalue weighted by Crippen LogP contribution is -2.36. The van der Waals surface area contributed by atoms with E-state index in [4.69, 9.17) is 10.5 Å². The minimum Gasteiger partial charge on any atom is -0.485 e. The summed E-state index contributed by atoms with van der Waals surface area (Å²) in [7, 11) is 0. The number of para-hydroxylation sites is 2. The van der Waals surface area contributed by atoms with Crippen LogP contribution in [0.15, 0.2) is 24.3 Å². The number of ether oxygens (including phenoxy) is 1. The zero-order chi connectivity index (χ0) is 8.39. The molecule has 0 spiro atoms. The van der Waals surface area contributed by atoms with E-state index in [1.54, 1.807) is 0 Å². The molecule has 12 heavy (non-hydrogen) atoms. The zero-order valence-corrected chi connectivity index (χ0v) is 6.79. The summed E-state index contributed by atoms with van der Waals surface area (Å²) >= 11 is 0. The largest absolute Gasteiger partial charge is 0.485 e. The Labute approximate surface area is 71.5 Å². The molecule has 0 saturated carbocycles. The number of rotatable bonds is 1. The van der Waals surface area contributed by atoms with Crippen LogP contribution in [0.5, 0.6) is 5.75 Å². The predicted octanol–water partition coefficient (Wildman–Crippen LogP) is 0.818. The van der Waals surface area contributed by atoms with Crippen molar-refractivity contribution < 1.29 is 4.74 Å².